The number of hydrogen-bond donors (Lipinski definition) is 0. The molecule has 0 spiro atoms. The molecular formula is C62H39NO. The van der Waals surface area contributed by atoms with Gasteiger partial charge in [0, 0.05) is 27.2 Å². The van der Waals surface area contributed by atoms with Crippen molar-refractivity contribution in [1.29, 1.82) is 0 Å². The van der Waals surface area contributed by atoms with E-state index in [1.807, 2.05) is 0 Å². The Balaban J connectivity index is 0.889. The molecule has 0 aliphatic carbocycles. The maximum absolute atomic E-state index is 6.39. The smallest absolute Gasteiger partial charge is 0.135 e. The Hall–Kier alpha value is -8.46. The van der Waals surface area contributed by atoms with Gasteiger partial charge in [-0.3, -0.25) is 0 Å². The lowest BCUT2D eigenvalue weighted by atomic mass is 9.86. The number of hydrogen-bond acceptors (Lipinski definition) is 1. The van der Waals surface area contributed by atoms with Gasteiger partial charge in [0.2, 0.25) is 0 Å². The van der Waals surface area contributed by atoms with E-state index in [0.29, 0.717) is 0 Å². The SMILES string of the molecule is c1ccc(-c2ccc(-c3ccc4oc5ccc(-c6ccc7c(c6)c6ccccc6n7-c6ccc(-c7c8ccccc8c(-c8ccccc8)c8ccccc78)cc6)cc5c4c3)cc2)cc1. The standard InChI is InChI=1S/C62H39NO/c1-3-13-40(14-4-1)41-23-25-42(26-24-41)45-30-35-59-55(38-45)56-39-47(31-36-60(56)64-59)46-29-34-58-54(37-46)49-17-11-12-22-57(49)63(58)48-32-27-44(28-33-48)62-52-20-9-7-18-50(52)61(43-15-5-2-6-16-43)51-19-8-10-21-53(51)62/h1-39H. The second-order valence-corrected chi connectivity index (χ2v) is 16.8. The molecule has 2 nitrogen and oxygen atoms in total. The number of furan rings is 1. The van der Waals surface area contributed by atoms with E-state index in [9.17, 15) is 0 Å². The van der Waals surface area contributed by atoms with Crippen LogP contribution in [0.5, 0.6) is 0 Å². The van der Waals surface area contributed by atoms with E-state index in [0.717, 1.165) is 33.2 Å². The maximum atomic E-state index is 6.39. The van der Waals surface area contributed by atoms with E-state index in [1.54, 1.807) is 0 Å². The highest BCUT2D eigenvalue weighted by molar-refractivity contribution is 6.21. The van der Waals surface area contributed by atoms with Crippen LogP contribution in [0.3, 0.4) is 0 Å². The molecule has 0 saturated carbocycles. The van der Waals surface area contributed by atoms with Gasteiger partial charge in [-0.15, -0.1) is 0 Å². The maximum Gasteiger partial charge on any atom is 0.135 e. The first kappa shape index (κ1) is 36.2. The van der Waals surface area contributed by atoms with Crippen LogP contribution >= 0.6 is 0 Å². The van der Waals surface area contributed by atoms with Crippen LogP contribution in [0.1, 0.15) is 0 Å². The molecule has 0 bridgehead atoms. The largest absolute Gasteiger partial charge is 0.456 e. The predicted molar refractivity (Wildman–Crippen MR) is 270 cm³/mol. The lowest BCUT2D eigenvalue weighted by molar-refractivity contribution is 0.669. The fraction of sp³-hybridized carbons (Fsp3) is 0. The van der Waals surface area contributed by atoms with E-state index in [-0.39, 0.29) is 0 Å². The predicted octanol–water partition coefficient (Wildman–Crippen LogP) is 17.3. The third kappa shape index (κ3) is 5.81. The molecule has 0 fully saturated rings. The lowest BCUT2D eigenvalue weighted by Crippen LogP contribution is -1.94. The summed E-state index contributed by atoms with van der Waals surface area (Å²) < 4.78 is 8.80. The van der Waals surface area contributed by atoms with Gasteiger partial charge in [-0.05, 0) is 132 Å². The Labute approximate surface area is 370 Å². The minimum atomic E-state index is 0.893. The number of rotatable bonds is 6. The fourth-order valence-electron chi connectivity index (χ4n) is 10.2. The topological polar surface area (TPSA) is 18.1 Å². The minimum absolute atomic E-state index is 0.893. The van der Waals surface area contributed by atoms with Crippen molar-refractivity contribution < 1.29 is 4.42 Å². The van der Waals surface area contributed by atoms with E-state index < -0.39 is 0 Å². The van der Waals surface area contributed by atoms with Crippen LogP contribution in [0, 0.1) is 0 Å². The van der Waals surface area contributed by atoms with Crippen LogP contribution < -0.4 is 0 Å². The van der Waals surface area contributed by atoms with Crippen molar-refractivity contribution in [2.24, 2.45) is 0 Å². The highest BCUT2D eigenvalue weighted by Gasteiger charge is 2.18. The number of fused-ring (bicyclic) bond motifs is 8. The van der Waals surface area contributed by atoms with E-state index in [2.05, 4.69) is 241 Å². The average Bonchev–Trinajstić information content (AvgIpc) is 3.91. The Morgan fingerprint density at radius 3 is 1.16 bits per heavy atom. The van der Waals surface area contributed by atoms with Crippen LogP contribution in [-0.2, 0) is 0 Å². The molecule has 0 aliphatic rings. The molecule has 0 N–H and O–H groups in total. The third-order valence-electron chi connectivity index (χ3n) is 13.2. The number of nitrogens with zero attached hydrogens (tertiary/aromatic N) is 1. The summed E-state index contributed by atoms with van der Waals surface area (Å²) in [6, 6.07) is 85.9. The molecule has 64 heavy (non-hydrogen) atoms. The quantitative estimate of drug-likeness (QED) is 0.153. The molecule has 13 rings (SSSR count). The number of aromatic nitrogens is 1. The minimum Gasteiger partial charge on any atom is -0.456 e. The van der Waals surface area contributed by atoms with Crippen molar-refractivity contribution in [1.82, 2.24) is 4.57 Å². The summed E-state index contributed by atoms with van der Waals surface area (Å²) in [5.41, 5.74) is 17.4. The van der Waals surface area contributed by atoms with Gasteiger partial charge < -0.3 is 8.98 Å². The summed E-state index contributed by atoms with van der Waals surface area (Å²) in [6.45, 7) is 0. The zero-order chi connectivity index (χ0) is 42.1. The Kier molecular flexibility index (Phi) is 8.25. The van der Waals surface area contributed by atoms with Crippen molar-refractivity contribution in [2.45, 2.75) is 0 Å². The summed E-state index contributed by atoms with van der Waals surface area (Å²) in [4.78, 5) is 0. The molecule has 0 aliphatic heterocycles. The normalized spacial score (nSPS) is 11.8. The molecule has 2 heteroatoms. The first-order valence-corrected chi connectivity index (χ1v) is 22.0. The van der Waals surface area contributed by atoms with Crippen molar-refractivity contribution in [2.75, 3.05) is 0 Å². The van der Waals surface area contributed by atoms with E-state index >= 15 is 0 Å². The first-order chi connectivity index (χ1) is 31.7. The Morgan fingerprint density at radius 1 is 0.234 bits per heavy atom. The lowest BCUT2D eigenvalue weighted by Gasteiger charge is -2.18. The van der Waals surface area contributed by atoms with Gasteiger partial charge in [0.05, 0.1) is 11.0 Å². The number of benzene rings is 11. The molecule has 11 aromatic carbocycles. The molecular weight excluding hydrogens is 775 g/mol. The van der Waals surface area contributed by atoms with Gasteiger partial charge in [0.25, 0.3) is 0 Å². The highest BCUT2D eigenvalue weighted by Crippen LogP contribution is 2.44. The van der Waals surface area contributed by atoms with Crippen LogP contribution in [0.25, 0.3) is 127 Å². The van der Waals surface area contributed by atoms with Crippen molar-refractivity contribution in [3.8, 4) is 61.3 Å². The van der Waals surface area contributed by atoms with Gasteiger partial charge in [-0.25, -0.2) is 0 Å². The van der Waals surface area contributed by atoms with Gasteiger partial charge in [-0.1, -0.05) is 182 Å². The monoisotopic (exact) mass is 813 g/mol. The number of para-hydroxylation sites is 1. The van der Waals surface area contributed by atoms with Crippen molar-refractivity contribution >= 4 is 65.3 Å². The zero-order valence-corrected chi connectivity index (χ0v) is 34.9. The molecule has 2 aromatic heterocycles. The first-order valence-electron chi connectivity index (χ1n) is 22.0. The molecule has 0 unspecified atom stereocenters. The average molecular weight is 814 g/mol. The highest BCUT2D eigenvalue weighted by atomic mass is 16.3. The molecule has 13 aromatic rings. The zero-order valence-electron chi connectivity index (χ0n) is 34.9. The second-order valence-electron chi connectivity index (χ2n) is 16.8. The molecule has 298 valence electrons. The summed E-state index contributed by atoms with van der Waals surface area (Å²) in [6.07, 6.45) is 0. The third-order valence-corrected chi connectivity index (χ3v) is 13.2. The van der Waals surface area contributed by atoms with Crippen LogP contribution in [-0.4, -0.2) is 4.57 Å². The van der Waals surface area contributed by atoms with Crippen LogP contribution in [0.2, 0.25) is 0 Å². The molecule has 2 heterocycles. The molecule has 0 amide bonds. The summed E-state index contributed by atoms with van der Waals surface area (Å²) in [7, 11) is 0. The molecule has 0 saturated heterocycles. The van der Waals surface area contributed by atoms with Gasteiger partial charge in [0.1, 0.15) is 11.2 Å². The van der Waals surface area contributed by atoms with Gasteiger partial charge in [-0.2, -0.15) is 0 Å². The Bertz CT molecular complexity index is 3860. The van der Waals surface area contributed by atoms with Gasteiger partial charge >= 0.3 is 0 Å². The van der Waals surface area contributed by atoms with Crippen LogP contribution in [0.15, 0.2) is 241 Å². The van der Waals surface area contributed by atoms with Crippen molar-refractivity contribution in [3.63, 3.8) is 0 Å². The Morgan fingerprint density at radius 2 is 0.594 bits per heavy atom. The van der Waals surface area contributed by atoms with E-state index in [1.165, 1.54) is 93.4 Å². The summed E-state index contributed by atoms with van der Waals surface area (Å²) in [5, 5.41) is 9.74. The molecule has 0 radical (unpaired) electrons. The second kappa shape index (κ2) is 14.6. The molecule has 0 atom stereocenters. The fourth-order valence-corrected chi connectivity index (χ4v) is 10.2. The summed E-state index contributed by atoms with van der Waals surface area (Å²) in [5.74, 6) is 0. The van der Waals surface area contributed by atoms with Gasteiger partial charge in [0.15, 0.2) is 0 Å². The van der Waals surface area contributed by atoms with Crippen molar-refractivity contribution in [3.05, 3.63) is 237 Å². The van der Waals surface area contributed by atoms with E-state index in [4.69, 9.17) is 4.42 Å². The summed E-state index contributed by atoms with van der Waals surface area (Å²) >= 11 is 0. The van der Waals surface area contributed by atoms with Crippen LogP contribution in [0.4, 0.5) is 0 Å².